The van der Waals surface area contributed by atoms with Gasteiger partial charge in [-0.2, -0.15) is 5.26 Å². The van der Waals surface area contributed by atoms with Gasteiger partial charge < -0.3 is 15.1 Å². The van der Waals surface area contributed by atoms with E-state index in [0.29, 0.717) is 12.1 Å². The van der Waals surface area contributed by atoms with Crippen molar-refractivity contribution in [2.75, 3.05) is 37.6 Å². The smallest absolute Gasteiger partial charge is 0.194 e. The van der Waals surface area contributed by atoms with E-state index in [2.05, 4.69) is 45.6 Å². The molecule has 0 aliphatic carbocycles. The van der Waals surface area contributed by atoms with Crippen LogP contribution in [0.5, 0.6) is 0 Å². The van der Waals surface area contributed by atoms with Gasteiger partial charge in [0.25, 0.3) is 0 Å². The molecular weight excluding hydrogens is 457 g/mol. The molecule has 0 bridgehead atoms. The van der Waals surface area contributed by atoms with Gasteiger partial charge in [-0.25, -0.2) is 4.99 Å². The molecule has 26 heavy (non-hydrogen) atoms. The van der Waals surface area contributed by atoms with Gasteiger partial charge in [0.2, 0.25) is 0 Å². The Hall–Kier alpha value is -1.79. The van der Waals surface area contributed by atoms with Crippen molar-refractivity contribution in [1.82, 2.24) is 10.2 Å². The third-order valence-corrected chi connectivity index (χ3v) is 5.16. The van der Waals surface area contributed by atoms with Crippen molar-refractivity contribution in [3.63, 3.8) is 0 Å². The van der Waals surface area contributed by atoms with Crippen LogP contribution in [0.4, 0.5) is 5.00 Å². The van der Waals surface area contributed by atoms with E-state index in [9.17, 15) is 0 Å². The first-order chi connectivity index (χ1) is 12.3. The fraction of sp³-hybridized carbons (Fsp3) is 0.368. The molecule has 0 atom stereocenters. The molecule has 0 radical (unpaired) electrons. The maximum absolute atomic E-state index is 8.88. The van der Waals surface area contributed by atoms with Gasteiger partial charge in [-0.1, -0.05) is 12.1 Å². The molecule has 0 amide bonds. The van der Waals surface area contributed by atoms with Crippen molar-refractivity contribution in [1.29, 1.82) is 5.26 Å². The summed E-state index contributed by atoms with van der Waals surface area (Å²) in [4.78, 5) is 9.55. The van der Waals surface area contributed by atoms with Crippen LogP contribution >= 0.6 is 35.3 Å². The third-order valence-electron chi connectivity index (χ3n) is 4.23. The number of piperazine rings is 1. The minimum atomic E-state index is 0. The summed E-state index contributed by atoms with van der Waals surface area (Å²) in [5.74, 6) is 0.970. The maximum Gasteiger partial charge on any atom is 0.194 e. The van der Waals surface area contributed by atoms with Gasteiger partial charge in [0.1, 0.15) is 0 Å². The van der Waals surface area contributed by atoms with Crippen LogP contribution in [0.3, 0.4) is 0 Å². The fourth-order valence-electron chi connectivity index (χ4n) is 2.87. The number of hydrogen-bond acceptors (Lipinski definition) is 4. The average molecular weight is 481 g/mol. The van der Waals surface area contributed by atoms with E-state index >= 15 is 0 Å². The van der Waals surface area contributed by atoms with Crippen molar-refractivity contribution >= 4 is 46.3 Å². The van der Waals surface area contributed by atoms with Gasteiger partial charge in [0.05, 0.1) is 23.2 Å². The summed E-state index contributed by atoms with van der Waals surface area (Å²) < 4.78 is 0. The Morgan fingerprint density at radius 3 is 2.50 bits per heavy atom. The zero-order valence-electron chi connectivity index (χ0n) is 14.9. The highest BCUT2D eigenvalue weighted by Crippen LogP contribution is 2.22. The Bertz CT molecular complexity index is 728. The van der Waals surface area contributed by atoms with Gasteiger partial charge in [-0.3, -0.25) is 0 Å². The highest BCUT2D eigenvalue weighted by molar-refractivity contribution is 14.0. The second-order valence-electron chi connectivity index (χ2n) is 5.90. The van der Waals surface area contributed by atoms with E-state index in [1.165, 1.54) is 5.00 Å². The standard InChI is InChI=1S/C19H23N5S.HI/c1-2-21-19(22-15-17-7-5-16(14-20)6-8-17)24-11-9-23(10-12-24)18-4-3-13-25-18;/h3-8,13H,2,9-12,15H2,1H3,(H,21,22);1H. The number of halogens is 1. The quantitative estimate of drug-likeness (QED) is 0.413. The second kappa shape index (κ2) is 10.4. The lowest BCUT2D eigenvalue weighted by atomic mass is 10.1. The molecule has 7 heteroatoms. The SMILES string of the molecule is CCNC(=NCc1ccc(C#N)cc1)N1CCN(c2cccs2)CC1.I. The van der Waals surface area contributed by atoms with E-state index < -0.39 is 0 Å². The van der Waals surface area contributed by atoms with Gasteiger partial charge in [0, 0.05) is 32.7 Å². The molecule has 2 aromatic rings. The minimum Gasteiger partial charge on any atom is -0.360 e. The lowest BCUT2D eigenvalue weighted by molar-refractivity contribution is 0.373. The predicted molar refractivity (Wildman–Crippen MR) is 119 cm³/mol. The molecule has 0 unspecified atom stereocenters. The zero-order chi connectivity index (χ0) is 17.5. The number of nitrogens with zero attached hydrogens (tertiary/aromatic N) is 4. The summed E-state index contributed by atoms with van der Waals surface area (Å²) in [6.07, 6.45) is 0. The molecule has 138 valence electrons. The number of guanidine groups is 1. The highest BCUT2D eigenvalue weighted by atomic mass is 127. The Morgan fingerprint density at radius 2 is 1.92 bits per heavy atom. The van der Waals surface area contributed by atoms with Gasteiger partial charge in [-0.05, 0) is 42.1 Å². The number of thiophene rings is 1. The molecule has 2 heterocycles. The first-order valence-electron chi connectivity index (χ1n) is 8.61. The largest absolute Gasteiger partial charge is 0.360 e. The fourth-order valence-corrected chi connectivity index (χ4v) is 3.65. The lowest BCUT2D eigenvalue weighted by Gasteiger charge is -2.37. The lowest BCUT2D eigenvalue weighted by Crippen LogP contribution is -2.52. The molecule has 5 nitrogen and oxygen atoms in total. The van der Waals surface area contributed by atoms with Gasteiger partial charge in [0.15, 0.2) is 5.96 Å². The Labute approximate surface area is 176 Å². The highest BCUT2D eigenvalue weighted by Gasteiger charge is 2.20. The monoisotopic (exact) mass is 481 g/mol. The molecule has 0 spiro atoms. The van der Waals surface area contributed by atoms with Crippen LogP contribution in [-0.4, -0.2) is 43.6 Å². The predicted octanol–water partition coefficient (Wildman–Crippen LogP) is 3.53. The van der Waals surface area contributed by atoms with Crippen molar-refractivity contribution in [2.45, 2.75) is 13.5 Å². The van der Waals surface area contributed by atoms with Crippen LogP contribution in [0, 0.1) is 11.3 Å². The van der Waals surface area contributed by atoms with Crippen LogP contribution in [0.2, 0.25) is 0 Å². The summed E-state index contributed by atoms with van der Waals surface area (Å²) in [5.41, 5.74) is 1.80. The Kier molecular flexibility index (Phi) is 8.19. The molecule has 1 N–H and O–H groups in total. The number of aliphatic imine (C=N–C) groups is 1. The summed E-state index contributed by atoms with van der Waals surface area (Å²) in [7, 11) is 0. The first-order valence-corrected chi connectivity index (χ1v) is 9.49. The Morgan fingerprint density at radius 1 is 1.19 bits per heavy atom. The van der Waals surface area contributed by atoms with Crippen molar-refractivity contribution < 1.29 is 0 Å². The maximum atomic E-state index is 8.88. The normalized spacial score (nSPS) is 14.5. The molecule has 1 aromatic heterocycles. The molecule has 1 aromatic carbocycles. The van der Waals surface area contributed by atoms with Gasteiger partial charge >= 0.3 is 0 Å². The number of benzene rings is 1. The number of anilines is 1. The number of hydrogen-bond donors (Lipinski definition) is 1. The summed E-state index contributed by atoms with van der Waals surface area (Å²) in [6, 6.07) is 14.1. The van der Waals surface area contributed by atoms with Gasteiger partial charge in [-0.15, -0.1) is 35.3 Å². The second-order valence-corrected chi connectivity index (χ2v) is 6.83. The van der Waals surface area contributed by atoms with Crippen LogP contribution in [0.25, 0.3) is 0 Å². The molecule has 0 saturated carbocycles. The van der Waals surface area contributed by atoms with Crippen molar-refractivity contribution in [2.24, 2.45) is 4.99 Å². The molecule has 1 aliphatic heterocycles. The van der Waals surface area contributed by atoms with E-state index in [0.717, 1.165) is 44.2 Å². The van der Waals surface area contributed by atoms with Crippen LogP contribution < -0.4 is 10.2 Å². The van der Waals surface area contributed by atoms with Crippen LogP contribution in [0.15, 0.2) is 46.8 Å². The topological polar surface area (TPSA) is 54.7 Å². The van der Waals surface area contributed by atoms with Crippen LogP contribution in [-0.2, 0) is 6.54 Å². The average Bonchev–Trinajstić information content (AvgIpc) is 3.20. The summed E-state index contributed by atoms with van der Waals surface area (Å²) >= 11 is 1.80. The molecule has 1 fully saturated rings. The number of nitrogens with one attached hydrogen (secondary N) is 1. The van der Waals surface area contributed by atoms with E-state index in [1.54, 1.807) is 11.3 Å². The van der Waals surface area contributed by atoms with E-state index in [-0.39, 0.29) is 24.0 Å². The number of nitriles is 1. The molecule has 1 aliphatic rings. The molecule has 3 rings (SSSR count). The van der Waals surface area contributed by atoms with Crippen molar-refractivity contribution in [3.8, 4) is 6.07 Å². The number of rotatable bonds is 4. The molecule has 1 saturated heterocycles. The minimum absolute atomic E-state index is 0. The Balaban J connectivity index is 0.00000243. The first kappa shape index (κ1) is 20.5. The molecular formula is C19H24IN5S. The zero-order valence-corrected chi connectivity index (χ0v) is 18.0. The summed E-state index contributed by atoms with van der Waals surface area (Å²) in [5, 5.41) is 15.8. The summed E-state index contributed by atoms with van der Waals surface area (Å²) in [6.45, 7) is 7.55. The van der Waals surface area contributed by atoms with E-state index in [1.807, 2.05) is 24.3 Å². The van der Waals surface area contributed by atoms with E-state index in [4.69, 9.17) is 10.3 Å². The van der Waals surface area contributed by atoms with Crippen molar-refractivity contribution in [3.05, 3.63) is 52.9 Å². The third kappa shape index (κ3) is 5.35. The van der Waals surface area contributed by atoms with Crippen LogP contribution in [0.1, 0.15) is 18.1 Å².